The fourth-order valence-electron chi connectivity index (χ4n) is 2.76. The van der Waals surface area contributed by atoms with Crippen LogP contribution in [0.5, 0.6) is 0 Å². The summed E-state index contributed by atoms with van der Waals surface area (Å²) in [6.07, 6.45) is 0.0785. The van der Waals surface area contributed by atoms with Crippen LogP contribution in [0.3, 0.4) is 0 Å². The first-order valence-electron chi connectivity index (χ1n) is 8.62. The molecule has 148 valence electrons. The molecule has 28 heavy (non-hydrogen) atoms. The number of fused-ring (bicyclic) bond motifs is 1. The van der Waals surface area contributed by atoms with E-state index < -0.39 is 26.8 Å². The number of sulfone groups is 1. The Balaban J connectivity index is 1.74. The van der Waals surface area contributed by atoms with Gasteiger partial charge in [-0.05, 0) is 43.3 Å². The highest BCUT2D eigenvalue weighted by Crippen LogP contribution is 2.33. The fraction of sp³-hybridized carbons (Fsp3) is 0.263. The van der Waals surface area contributed by atoms with Gasteiger partial charge in [-0.25, -0.2) is 12.8 Å². The molecular weight excluding hydrogens is 403 g/mol. The smallest absolute Gasteiger partial charge is 0.225 e. The molecule has 0 fully saturated rings. The Hall–Kier alpha value is -2.39. The summed E-state index contributed by atoms with van der Waals surface area (Å²) in [4.78, 5) is 24.8. The average molecular weight is 423 g/mol. The largest absolute Gasteiger partial charge is 0.326 e. The molecule has 0 saturated carbocycles. The van der Waals surface area contributed by atoms with Gasteiger partial charge in [-0.2, -0.15) is 0 Å². The quantitative estimate of drug-likeness (QED) is 0.770. The molecule has 1 aliphatic heterocycles. The zero-order chi connectivity index (χ0) is 20.3. The normalized spacial score (nSPS) is 15.1. The molecule has 2 aromatic carbocycles. The van der Waals surface area contributed by atoms with Crippen molar-refractivity contribution < 1.29 is 22.4 Å². The molecule has 2 aromatic rings. The first-order valence-corrected chi connectivity index (χ1v) is 11.1. The third-order valence-corrected chi connectivity index (χ3v) is 7.46. The van der Waals surface area contributed by atoms with Gasteiger partial charge in [0.15, 0.2) is 9.84 Å². The second kappa shape index (κ2) is 8.32. The van der Waals surface area contributed by atoms with Crippen molar-refractivity contribution in [1.82, 2.24) is 0 Å². The molecule has 9 heteroatoms. The highest BCUT2D eigenvalue weighted by Gasteiger charge is 2.27. The number of amides is 2. The maximum Gasteiger partial charge on any atom is 0.225 e. The number of rotatable bonds is 5. The Morgan fingerprint density at radius 2 is 2.07 bits per heavy atom. The summed E-state index contributed by atoms with van der Waals surface area (Å²) in [6.45, 7) is 1.44. The molecule has 6 nitrogen and oxygen atoms in total. The monoisotopic (exact) mass is 422 g/mol. The molecule has 2 amide bonds. The highest BCUT2D eigenvalue weighted by molar-refractivity contribution is 7.99. The van der Waals surface area contributed by atoms with Crippen molar-refractivity contribution in [1.29, 1.82) is 0 Å². The van der Waals surface area contributed by atoms with E-state index in [0.717, 1.165) is 11.0 Å². The fourth-order valence-corrected chi connectivity index (χ4v) is 5.07. The Kier molecular flexibility index (Phi) is 6.04. The lowest BCUT2D eigenvalue weighted by atomic mass is 10.2. The lowest BCUT2D eigenvalue weighted by molar-refractivity contribution is -0.116. The van der Waals surface area contributed by atoms with Crippen molar-refractivity contribution in [2.24, 2.45) is 0 Å². The van der Waals surface area contributed by atoms with Crippen molar-refractivity contribution in [3.63, 3.8) is 0 Å². The van der Waals surface area contributed by atoms with Gasteiger partial charge in [0.2, 0.25) is 11.8 Å². The van der Waals surface area contributed by atoms with Crippen LogP contribution in [0.1, 0.15) is 19.8 Å². The van der Waals surface area contributed by atoms with Crippen LogP contribution in [0.4, 0.5) is 15.8 Å². The van der Waals surface area contributed by atoms with Crippen molar-refractivity contribution >= 4 is 44.8 Å². The predicted molar refractivity (Wildman–Crippen MR) is 107 cm³/mol. The van der Waals surface area contributed by atoms with Crippen molar-refractivity contribution in [2.75, 3.05) is 16.4 Å². The summed E-state index contributed by atoms with van der Waals surface area (Å²) >= 11 is 1.48. The summed E-state index contributed by atoms with van der Waals surface area (Å²) in [5.74, 6) is -0.561. The molecular formula is C19H19FN2O4S2. The van der Waals surface area contributed by atoms with Gasteiger partial charge < -0.3 is 10.6 Å². The molecule has 0 spiro atoms. The predicted octanol–water partition coefficient (Wildman–Crippen LogP) is 3.45. The van der Waals surface area contributed by atoms with Crippen molar-refractivity contribution in [2.45, 2.75) is 34.8 Å². The van der Waals surface area contributed by atoms with Crippen LogP contribution >= 0.6 is 11.8 Å². The van der Waals surface area contributed by atoms with Gasteiger partial charge >= 0.3 is 0 Å². The maximum absolute atomic E-state index is 13.2. The average Bonchev–Trinajstić information content (AvgIpc) is 2.81. The van der Waals surface area contributed by atoms with Gasteiger partial charge in [0, 0.05) is 29.2 Å². The molecule has 0 bridgehead atoms. The zero-order valence-electron chi connectivity index (χ0n) is 15.1. The number of carbonyl (C=O) groups is 2. The third-order valence-electron chi connectivity index (χ3n) is 4.25. The minimum Gasteiger partial charge on any atom is -0.326 e. The molecule has 0 aromatic heterocycles. The molecule has 1 heterocycles. The summed E-state index contributed by atoms with van der Waals surface area (Å²) in [7, 11) is -3.79. The van der Waals surface area contributed by atoms with Crippen LogP contribution in [0.15, 0.2) is 52.3 Å². The Bertz CT molecular complexity index is 1020. The standard InChI is InChI=1S/C19H19FN2O4S2/c1-12(9-19(24)21-14-4-2-3-13(20)10-14)28(25,26)15-5-6-17-16(11-15)22-18(23)7-8-27-17/h2-6,10-12H,7-9H2,1H3,(H,21,24)(H,22,23)/t12-/m1/s1. The SMILES string of the molecule is C[C@H](CC(=O)Nc1cccc(F)c1)S(=O)(=O)c1ccc2c(c1)NC(=O)CCS2. The second-order valence-corrected chi connectivity index (χ2v) is 9.93. The number of benzene rings is 2. The zero-order valence-corrected chi connectivity index (χ0v) is 16.7. The van der Waals surface area contributed by atoms with E-state index in [9.17, 15) is 22.4 Å². The molecule has 0 unspecified atom stereocenters. The molecule has 0 radical (unpaired) electrons. The van der Waals surface area contributed by atoms with Crippen LogP contribution in [-0.2, 0) is 19.4 Å². The van der Waals surface area contributed by atoms with E-state index >= 15 is 0 Å². The van der Waals surface area contributed by atoms with E-state index in [1.807, 2.05) is 0 Å². The van der Waals surface area contributed by atoms with E-state index in [0.29, 0.717) is 17.9 Å². The lowest BCUT2D eigenvalue weighted by Crippen LogP contribution is -2.25. The molecule has 1 atom stereocenters. The maximum atomic E-state index is 13.2. The third kappa shape index (κ3) is 4.71. The molecule has 3 rings (SSSR count). The van der Waals surface area contributed by atoms with Crippen LogP contribution in [-0.4, -0.2) is 31.2 Å². The van der Waals surface area contributed by atoms with Gasteiger partial charge in [-0.15, -0.1) is 11.8 Å². The molecule has 1 aliphatic rings. The summed E-state index contributed by atoms with van der Waals surface area (Å²) < 4.78 is 38.9. The number of hydrogen-bond donors (Lipinski definition) is 2. The minimum absolute atomic E-state index is 0.0418. The Labute approximate surface area is 166 Å². The summed E-state index contributed by atoms with van der Waals surface area (Å²) in [5, 5.41) is 4.22. The van der Waals surface area contributed by atoms with E-state index in [1.165, 1.54) is 49.0 Å². The van der Waals surface area contributed by atoms with E-state index in [4.69, 9.17) is 0 Å². The first-order chi connectivity index (χ1) is 13.3. The number of nitrogens with one attached hydrogen (secondary N) is 2. The molecule has 0 aliphatic carbocycles. The van der Waals surface area contributed by atoms with Crippen molar-refractivity contribution in [3.8, 4) is 0 Å². The van der Waals surface area contributed by atoms with Gasteiger partial charge in [0.1, 0.15) is 5.82 Å². The number of thioether (sulfide) groups is 1. The number of hydrogen-bond acceptors (Lipinski definition) is 5. The Morgan fingerprint density at radius 3 is 2.82 bits per heavy atom. The van der Waals surface area contributed by atoms with Crippen LogP contribution in [0.25, 0.3) is 0 Å². The van der Waals surface area contributed by atoms with Crippen LogP contribution in [0.2, 0.25) is 0 Å². The van der Waals surface area contributed by atoms with Crippen LogP contribution in [0, 0.1) is 5.82 Å². The van der Waals surface area contributed by atoms with E-state index in [2.05, 4.69) is 10.6 Å². The first kappa shape index (κ1) is 20.3. The van der Waals surface area contributed by atoms with Gasteiger partial charge in [0.05, 0.1) is 15.8 Å². The second-order valence-electron chi connectivity index (χ2n) is 6.42. The molecule has 0 saturated heterocycles. The van der Waals surface area contributed by atoms with E-state index in [-0.39, 0.29) is 22.9 Å². The van der Waals surface area contributed by atoms with Gasteiger partial charge in [-0.1, -0.05) is 6.07 Å². The van der Waals surface area contributed by atoms with Gasteiger partial charge in [0.25, 0.3) is 0 Å². The van der Waals surface area contributed by atoms with Crippen molar-refractivity contribution in [3.05, 3.63) is 48.3 Å². The van der Waals surface area contributed by atoms with Gasteiger partial charge in [-0.3, -0.25) is 9.59 Å². The molecule has 2 N–H and O–H groups in total. The lowest BCUT2D eigenvalue weighted by Gasteiger charge is -2.15. The Morgan fingerprint density at radius 1 is 1.29 bits per heavy atom. The van der Waals surface area contributed by atoms with E-state index in [1.54, 1.807) is 6.07 Å². The number of halogens is 1. The van der Waals surface area contributed by atoms with Crippen LogP contribution < -0.4 is 10.6 Å². The number of anilines is 2. The topological polar surface area (TPSA) is 92.3 Å². The summed E-state index contributed by atoms with van der Waals surface area (Å²) in [5.41, 5.74) is 0.726. The minimum atomic E-state index is -3.79. The number of carbonyl (C=O) groups excluding carboxylic acids is 2. The summed E-state index contributed by atoms with van der Waals surface area (Å²) in [6, 6.07) is 9.96. The highest BCUT2D eigenvalue weighted by atomic mass is 32.2.